The van der Waals surface area contributed by atoms with Gasteiger partial charge in [0.2, 0.25) is 10.0 Å². The Balaban J connectivity index is 1.40. The number of hydrogen-bond acceptors (Lipinski definition) is 8. The molecule has 4 rings (SSSR count). The number of benzene rings is 1. The first-order valence-electron chi connectivity index (χ1n) is 10.3. The third-order valence-electron chi connectivity index (χ3n) is 5.48. The van der Waals surface area contributed by atoms with Gasteiger partial charge in [0.05, 0.1) is 37.0 Å². The highest BCUT2D eigenvalue weighted by atomic mass is 32.2. The van der Waals surface area contributed by atoms with Crippen molar-refractivity contribution < 1.29 is 27.4 Å². The molecule has 1 amide bonds. The molecule has 2 aliphatic heterocycles. The van der Waals surface area contributed by atoms with Gasteiger partial charge in [-0.3, -0.25) is 14.9 Å². The lowest BCUT2D eigenvalue weighted by molar-refractivity contribution is 0.0963. The summed E-state index contributed by atoms with van der Waals surface area (Å²) < 4.78 is 44.3. The lowest BCUT2D eigenvalue weighted by Gasteiger charge is -2.31. The van der Waals surface area contributed by atoms with Gasteiger partial charge in [-0.05, 0) is 24.3 Å². The average Bonchev–Trinajstić information content (AvgIpc) is 3.18. The summed E-state index contributed by atoms with van der Waals surface area (Å²) in [5, 5.41) is 15.3. The first-order chi connectivity index (χ1) is 15.7. The molecule has 1 aromatic heterocycles. The van der Waals surface area contributed by atoms with Gasteiger partial charge in [0, 0.05) is 43.5 Å². The van der Waals surface area contributed by atoms with E-state index in [-0.39, 0.29) is 13.2 Å². The Kier molecular flexibility index (Phi) is 6.58. The molecule has 0 unspecified atom stereocenters. The van der Waals surface area contributed by atoms with Crippen molar-refractivity contribution in [1.29, 1.82) is 0 Å². The van der Waals surface area contributed by atoms with Crippen molar-refractivity contribution in [3.63, 3.8) is 0 Å². The minimum atomic E-state index is -3.19. The summed E-state index contributed by atoms with van der Waals surface area (Å²) in [5.74, 6) is -0.514. The van der Waals surface area contributed by atoms with Crippen LogP contribution in [-0.4, -0.2) is 91.8 Å². The third kappa shape index (κ3) is 5.29. The van der Waals surface area contributed by atoms with E-state index >= 15 is 0 Å². The van der Waals surface area contributed by atoms with Crippen molar-refractivity contribution in [2.24, 2.45) is 5.10 Å². The van der Waals surface area contributed by atoms with Crippen LogP contribution in [0.25, 0.3) is 11.1 Å². The zero-order chi connectivity index (χ0) is 23.6. The maximum Gasteiger partial charge on any atom is 0.414 e. The molecule has 176 valence electrons. The van der Waals surface area contributed by atoms with Crippen LogP contribution in [0, 0.1) is 5.82 Å². The third-order valence-corrected chi connectivity index (χ3v) is 6.78. The second-order valence-electron chi connectivity index (χ2n) is 7.80. The van der Waals surface area contributed by atoms with Crippen LogP contribution in [0.4, 0.5) is 14.9 Å². The quantitative estimate of drug-likeness (QED) is 0.620. The number of aromatic nitrogens is 1. The Morgan fingerprint density at radius 2 is 2.00 bits per heavy atom. The van der Waals surface area contributed by atoms with Crippen LogP contribution in [0.5, 0.6) is 0 Å². The number of hydrogen-bond donors (Lipinski definition) is 1. The van der Waals surface area contributed by atoms with E-state index in [9.17, 15) is 17.6 Å². The molecule has 2 fully saturated rings. The van der Waals surface area contributed by atoms with Gasteiger partial charge < -0.3 is 9.84 Å². The molecule has 12 heteroatoms. The standard InChI is InChI=1S/C21H24FN5O5S/c1-33(30,31)26-8-6-25(7-9-26)24-12-16-3-2-15(11-23-16)19-5-4-17(10-20(19)22)27-13-18(14-28)32-21(27)29/h2-5,10-12,18,28H,6-9,13-14H2,1H3/b24-12+/t18-/m1/s1. The minimum absolute atomic E-state index is 0.160. The maximum absolute atomic E-state index is 14.8. The molecule has 10 nitrogen and oxygen atoms in total. The van der Waals surface area contributed by atoms with E-state index in [1.165, 1.54) is 27.7 Å². The number of hydrazone groups is 1. The summed E-state index contributed by atoms with van der Waals surface area (Å²) in [7, 11) is -3.19. The predicted molar refractivity (Wildman–Crippen MR) is 120 cm³/mol. The summed E-state index contributed by atoms with van der Waals surface area (Å²) in [6.45, 7) is 1.61. The van der Waals surface area contributed by atoms with Gasteiger partial charge in [-0.25, -0.2) is 17.6 Å². The molecule has 1 aromatic carbocycles. The Morgan fingerprint density at radius 1 is 1.24 bits per heavy atom. The topological polar surface area (TPSA) is 116 Å². The summed E-state index contributed by atoms with van der Waals surface area (Å²) in [6.07, 6.45) is 3.07. The van der Waals surface area contributed by atoms with Crippen LogP contribution in [0.3, 0.4) is 0 Å². The van der Waals surface area contributed by atoms with E-state index in [1.807, 2.05) is 0 Å². The lowest BCUT2D eigenvalue weighted by atomic mass is 10.1. The van der Waals surface area contributed by atoms with E-state index in [2.05, 4.69) is 10.1 Å². The highest BCUT2D eigenvalue weighted by Crippen LogP contribution is 2.28. The summed E-state index contributed by atoms with van der Waals surface area (Å²) in [4.78, 5) is 17.5. The number of carbonyl (C=O) groups is 1. The summed E-state index contributed by atoms with van der Waals surface area (Å²) in [6, 6.07) is 7.87. The molecular formula is C21H24FN5O5S. The van der Waals surface area contributed by atoms with Gasteiger partial charge in [-0.1, -0.05) is 6.07 Å². The molecule has 1 atom stereocenters. The van der Waals surface area contributed by atoms with Crippen molar-refractivity contribution in [2.75, 3.05) is 50.5 Å². The Labute approximate surface area is 190 Å². The largest absolute Gasteiger partial charge is 0.441 e. The SMILES string of the molecule is CS(=O)(=O)N1CCN(/N=C/c2ccc(-c3ccc(N4C[C@H](CO)OC4=O)cc3F)cn2)CC1. The summed E-state index contributed by atoms with van der Waals surface area (Å²) in [5.41, 5.74) is 1.83. The summed E-state index contributed by atoms with van der Waals surface area (Å²) >= 11 is 0. The van der Waals surface area contributed by atoms with Gasteiger partial charge in [-0.2, -0.15) is 9.41 Å². The van der Waals surface area contributed by atoms with Gasteiger partial charge in [0.1, 0.15) is 11.9 Å². The first-order valence-corrected chi connectivity index (χ1v) is 12.2. The second-order valence-corrected chi connectivity index (χ2v) is 9.78. The fourth-order valence-electron chi connectivity index (χ4n) is 3.64. The fourth-order valence-corrected chi connectivity index (χ4v) is 4.47. The maximum atomic E-state index is 14.8. The van der Waals surface area contributed by atoms with Crippen LogP contribution >= 0.6 is 0 Å². The number of pyridine rings is 1. The number of sulfonamides is 1. The molecular weight excluding hydrogens is 453 g/mol. The first kappa shape index (κ1) is 23.1. The van der Waals surface area contributed by atoms with E-state index in [0.717, 1.165) is 0 Å². The highest BCUT2D eigenvalue weighted by molar-refractivity contribution is 7.88. The molecule has 3 heterocycles. The van der Waals surface area contributed by atoms with Crippen LogP contribution in [0.15, 0.2) is 41.6 Å². The van der Waals surface area contributed by atoms with Gasteiger partial charge in [0.15, 0.2) is 0 Å². The number of carbonyl (C=O) groups excluding carboxylic acids is 1. The number of rotatable bonds is 6. The van der Waals surface area contributed by atoms with Crippen LogP contribution in [-0.2, 0) is 14.8 Å². The number of aliphatic hydroxyl groups excluding tert-OH is 1. The number of amides is 1. The Hall–Kier alpha value is -3.09. The smallest absolute Gasteiger partial charge is 0.414 e. The molecule has 2 aromatic rings. The minimum Gasteiger partial charge on any atom is -0.441 e. The van der Waals surface area contributed by atoms with E-state index < -0.39 is 28.0 Å². The molecule has 0 bridgehead atoms. The van der Waals surface area contributed by atoms with E-state index in [1.54, 1.807) is 35.5 Å². The fraction of sp³-hybridized carbons (Fsp3) is 0.381. The molecule has 2 aliphatic rings. The predicted octanol–water partition coefficient (Wildman–Crippen LogP) is 1.12. The Bertz CT molecular complexity index is 1150. The molecule has 0 aliphatic carbocycles. The number of cyclic esters (lactones) is 1. The number of nitrogens with zero attached hydrogens (tertiary/aromatic N) is 5. The van der Waals surface area contributed by atoms with E-state index in [4.69, 9.17) is 9.84 Å². The number of piperazine rings is 1. The number of halogens is 1. The average molecular weight is 478 g/mol. The normalized spacial score (nSPS) is 20.0. The highest BCUT2D eigenvalue weighted by Gasteiger charge is 2.32. The van der Waals surface area contributed by atoms with Crippen molar-refractivity contribution in [2.45, 2.75) is 6.10 Å². The number of aliphatic hydroxyl groups is 1. The zero-order valence-corrected chi connectivity index (χ0v) is 18.8. The van der Waals surface area contributed by atoms with E-state index in [0.29, 0.717) is 48.7 Å². The molecule has 0 spiro atoms. The molecule has 0 radical (unpaired) electrons. The molecule has 2 saturated heterocycles. The molecule has 1 N–H and O–H groups in total. The van der Waals surface area contributed by atoms with Gasteiger partial charge in [0.25, 0.3) is 0 Å². The van der Waals surface area contributed by atoms with Crippen molar-refractivity contribution in [3.8, 4) is 11.1 Å². The van der Waals surface area contributed by atoms with Gasteiger partial charge in [-0.15, -0.1) is 0 Å². The van der Waals surface area contributed by atoms with Gasteiger partial charge >= 0.3 is 6.09 Å². The van der Waals surface area contributed by atoms with Crippen LogP contribution in [0.2, 0.25) is 0 Å². The Morgan fingerprint density at radius 3 is 2.58 bits per heavy atom. The zero-order valence-electron chi connectivity index (χ0n) is 18.0. The van der Waals surface area contributed by atoms with Crippen molar-refractivity contribution in [1.82, 2.24) is 14.3 Å². The second kappa shape index (κ2) is 9.41. The van der Waals surface area contributed by atoms with Crippen LogP contribution < -0.4 is 4.90 Å². The molecule has 0 saturated carbocycles. The lowest BCUT2D eigenvalue weighted by Crippen LogP contribution is -2.46. The molecule has 33 heavy (non-hydrogen) atoms. The monoisotopic (exact) mass is 477 g/mol. The number of anilines is 1. The van der Waals surface area contributed by atoms with Crippen molar-refractivity contribution >= 4 is 28.0 Å². The van der Waals surface area contributed by atoms with Crippen molar-refractivity contribution in [3.05, 3.63) is 48.0 Å². The van der Waals surface area contributed by atoms with Crippen LogP contribution in [0.1, 0.15) is 5.69 Å². The number of ether oxygens (including phenoxy) is 1.